The van der Waals surface area contributed by atoms with Crippen LogP contribution in [0.3, 0.4) is 0 Å². The van der Waals surface area contributed by atoms with E-state index in [1.165, 1.54) is 5.56 Å². The Balaban J connectivity index is 0.000000469. The Kier molecular flexibility index (Phi) is 8.25. The fourth-order valence-electron chi connectivity index (χ4n) is 3.14. The second kappa shape index (κ2) is 10.3. The molecule has 1 aliphatic heterocycles. The highest BCUT2D eigenvalue weighted by Gasteiger charge is 2.27. The second-order valence-corrected chi connectivity index (χ2v) is 7.58. The van der Waals surface area contributed by atoms with Crippen molar-refractivity contribution in [3.8, 4) is 0 Å². The van der Waals surface area contributed by atoms with E-state index in [0.717, 1.165) is 29.9 Å². The summed E-state index contributed by atoms with van der Waals surface area (Å²) in [4.78, 5) is 22.3. The molecule has 3 rings (SSSR count). The highest BCUT2D eigenvalue weighted by molar-refractivity contribution is 6.35. The predicted molar refractivity (Wildman–Crippen MR) is 111 cm³/mol. The second-order valence-electron chi connectivity index (χ2n) is 6.74. The van der Waals surface area contributed by atoms with Crippen LogP contribution in [0.1, 0.15) is 22.6 Å². The van der Waals surface area contributed by atoms with Crippen molar-refractivity contribution in [2.24, 2.45) is 5.73 Å². The number of rotatable bonds is 3. The molecule has 1 amide bonds. The molecule has 0 bridgehead atoms. The van der Waals surface area contributed by atoms with Crippen LogP contribution in [0.2, 0.25) is 10.0 Å². The van der Waals surface area contributed by atoms with Crippen molar-refractivity contribution >= 4 is 41.1 Å². The molecule has 0 radical (unpaired) electrons. The Morgan fingerprint density at radius 1 is 1.27 bits per heavy atom. The van der Waals surface area contributed by atoms with Crippen LogP contribution in [0, 0.1) is 0 Å². The van der Waals surface area contributed by atoms with E-state index in [0.29, 0.717) is 10.0 Å². The molecule has 3 N–H and O–H groups in total. The summed E-state index contributed by atoms with van der Waals surface area (Å²) < 4.78 is 31.2. The molecule has 1 atom stereocenters. The van der Waals surface area contributed by atoms with Gasteiger partial charge in [0.1, 0.15) is 0 Å². The van der Waals surface area contributed by atoms with Gasteiger partial charge in [0.2, 0.25) is 12.2 Å². The van der Waals surface area contributed by atoms with Crippen LogP contribution in [0.4, 0.5) is 18.9 Å². The van der Waals surface area contributed by atoms with Crippen molar-refractivity contribution in [3.63, 3.8) is 0 Å². The number of hydrogen-bond acceptors (Lipinski definition) is 4. The van der Waals surface area contributed by atoms with E-state index in [1.54, 1.807) is 6.07 Å². The number of nitrogens with two attached hydrogens (primary N) is 1. The van der Waals surface area contributed by atoms with Gasteiger partial charge < -0.3 is 16.0 Å². The Hall–Kier alpha value is -2.13. The molecule has 0 spiro atoms. The standard InChI is InChI=1S/C18H19Cl2N3O.C2HF3O/c1-23-9-15(14-6-12(19)7-17(20)16(14)10-23)11-2-4-13(5-3-11)22-18(24)8-21;3-2(4,5)1-6/h2-7,15H,8-10,21H2,1H3,(H,22,24);1H. The summed E-state index contributed by atoms with van der Waals surface area (Å²) in [6, 6.07) is 11.6. The minimum absolute atomic E-state index is 0.0282. The number of fused-ring (bicyclic) bond motifs is 1. The van der Waals surface area contributed by atoms with Gasteiger partial charge in [-0.1, -0.05) is 35.3 Å². The van der Waals surface area contributed by atoms with Gasteiger partial charge in [-0.25, -0.2) is 0 Å². The van der Waals surface area contributed by atoms with Crippen LogP contribution in [-0.2, 0) is 16.1 Å². The quantitative estimate of drug-likeness (QED) is 0.671. The maximum absolute atomic E-state index is 11.4. The van der Waals surface area contributed by atoms with Crippen molar-refractivity contribution in [2.45, 2.75) is 18.6 Å². The van der Waals surface area contributed by atoms with Crippen molar-refractivity contribution in [3.05, 3.63) is 63.1 Å². The van der Waals surface area contributed by atoms with Gasteiger partial charge in [-0.15, -0.1) is 0 Å². The van der Waals surface area contributed by atoms with Crippen molar-refractivity contribution in [1.82, 2.24) is 4.90 Å². The number of anilines is 1. The molecule has 5 nitrogen and oxygen atoms in total. The fourth-order valence-corrected chi connectivity index (χ4v) is 3.71. The van der Waals surface area contributed by atoms with Gasteiger partial charge in [-0.3, -0.25) is 9.59 Å². The Bertz CT molecular complexity index is 905. The van der Waals surface area contributed by atoms with E-state index in [4.69, 9.17) is 33.7 Å². The van der Waals surface area contributed by atoms with Crippen molar-refractivity contribution < 1.29 is 22.8 Å². The molecule has 2 aromatic rings. The van der Waals surface area contributed by atoms with Gasteiger partial charge in [0.05, 0.1) is 6.54 Å². The first kappa shape index (κ1) is 24.1. The average Bonchev–Trinajstić information content (AvgIpc) is 2.68. The zero-order valence-electron chi connectivity index (χ0n) is 16.0. The third kappa shape index (κ3) is 6.70. The number of amides is 1. The third-order valence-corrected chi connectivity index (χ3v) is 4.96. The van der Waals surface area contributed by atoms with E-state index in [2.05, 4.69) is 17.3 Å². The lowest BCUT2D eigenvalue weighted by Crippen LogP contribution is -2.31. The number of likely N-dealkylation sites (N-methyl/N-ethyl adjacent to an activating group) is 1. The lowest BCUT2D eigenvalue weighted by atomic mass is 9.84. The monoisotopic (exact) mass is 461 g/mol. The molecule has 162 valence electrons. The topological polar surface area (TPSA) is 75.4 Å². The molecule has 0 fully saturated rings. The lowest BCUT2D eigenvalue weighted by Gasteiger charge is -2.33. The first-order valence-corrected chi connectivity index (χ1v) is 9.59. The van der Waals surface area contributed by atoms with Crippen LogP contribution in [0.5, 0.6) is 0 Å². The van der Waals surface area contributed by atoms with Gasteiger partial charge in [0.25, 0.3) is 0 Å². The molecule has 30 heavy (non-hydrogen) atoms. The molecule has 1 unspecified atom stereocenters. The number of halogens is 5. The van der Waals surface area contributed by atoms with Crippen molar-refractivity contribution in [2.75, 3.05) is 25.5 Å². The van der Waals surface area contributed by atoms with Crippen LogP contribution in [-0.4, -0.2) is 43.4 Å². The predicted octanol–water partition coefficient (Wildman–Crippen LogP) is 4.22. The summed E-state index contributed by atoms with van der Waals surface area (Å²) in [6.07, 6.45) is -5.70. The largest absolute Gasteiger partial charge is 0.446 e. The highest BCUT2D eigenvalue weighted by Crippen LogP contribution is 2.38. The van der Waals surface area contributed by atoms with E-state index in [1.807, 2.05) is 30.3 Å². The molecule has 2 aromatic carbocycles. The zero-order valence-corrected chi connectivity index (χ0v) is 17.5. The first-order chi connectivity index (χ1) is 14.0. The molecular weight excluding hydrogens is 442 g/mol. The smallest absolute Gasteiger partial charge is 0.325 e. The number of hydrogen-bond donors (Lipinski definition) is 2. The van der Waals surface area contributed by atoms with Gasteiger partial charge in [-0.05, 0) is 48.0 Å². The number of nitrogens with zero attached hydrogens (tertiary/aromatic N) is 1. The zero-order chi connectivity index (χ0) is 22.5. The molecular formula is C20H20Cl2F3N3O2. The van der Waals surface area contributed by atoms with Crippen LogP contribution < -0.4 is 11.1 Å². The van der Waals surface area contributed by atoms with E-state index < -0.39 is 12.5 Å². The molecule has 0 saturated carbocycles. The number of carbonyl (C=O) groups excluding carboxylic acids is 2. The minimum Gasteiger partial charge on any atom is -0.325 e. The minimum atomic E-state index is -4.64. The van der Waals surface area contributed by atoms with Crippen LogP contribution >= 0.6 is 23.2 Å². The normalized spacial score (nSPS) is 16.2. The number of alkyl halides is 3. The fraction of sp³-hybridized carbons (Fsp3) is 0.300. The molecule has 1 aliphatic rings. The van der Waals surface area contributed by atoms with Gasteiger partial charge in [0, 0.05) is 34.7 Å². The summed E-state index contributed by atoms with van der Waals surface area (Å²) in [6.45, 7) is 1.67. The van der Waals surface area contributed by atoms with Crippen LogP contribution in [0.25, 0.3) is 0 Å². The van der Waals surface area contributed by atoms with Gasteiger partial charge >= 0.3 is 6.18 Å². The number of benzene rings is 2. The Morgan fingerprint density at radius 3 is 2.40 bits per heavy atom. The summed E-state index contributed by atoms with van der Waals surface area (Å²) in [5.41, 5.74) is 9.51. The highest BCUT2D eigenvalue weighted by atomic mass is 35.5. The average molecular weight is 462 g/mol. The summed E-state index contributed by atoms with van der Waals surface area (Å²) in [5, 5.41) is 4.11. The molecule has 1 heterocycles. The molecule has 0 aliphatic carbocycles. The number of carbonyl (C=O) groups is 2. The van der Waals surface area contributed by atoms with Crippen molar-refractivity contribution in [1.29, 1.82) is 0 Å². The van der Waals surface area contributed by atoms with E-state index in [9.17, 15) is 18.0 Å². The SMILES string of the molecule is CN1Cc2c(Cl)cc(Cl)cc2C(c2ccc(NC(=O)CN)cc2)C1.O=CC(F)(F)F. The molecule has 10 heteroatoms. The third-order valence-electron chi connectivity index (χ3n) is 4.41. The molecule has 0 aromatic heterocycles. The van der Waals surface area contributed by atoms with Crippen LogP contribution in [0.15, 0.2) is 36.4 Å². The summed E-state index contributed by atoms with van der Waals surface area (Å²) in [5.74, 6) is -0.0155. The Labute approximate surface area is 181 Å². The lowest BCUT2D eigenvalue weighted by molar-refractivity contribution is -0.156. The van der Waals surface area contributed by atoms with Gasteiger partial charge in [-0.2, -0.15) is 13.2 Å². The van der Waals surface area contributed by atoms with Gasteiger partial charge in [0.15, 0.2) is 0 Å². The number of nitrogens with one attached hydrogen (secondary N) is 1. The maximum atomic E-state index is 11.4. The number of aldehydes is 1. The van der Waals surface area contributed by atoms with E-state index in [-0.39, 0.29) is 18.4 Å². The summed E-state index contributed by atoms with van der Waals surface area (Å²) >= 11 is 12.6. The first-order valence-electron chi connectivity index (χ1n) is 8.83. The summed E-state index contributed by atoms with van der Waals surface area (Å²) in [7, 11) is 2.08. The molecule has 0 saturated heterocycles. The maximum Gasteiger partial charge on any atom is 0.446 e. The Morgan fingerprint density at radius 2 is 1.87 bits per heavy atom. The van der Waals surface area contributed by atoms with E-state index >= 15 is 0 Å².